The molecule has 1 aromatic carbocycles. The molecule has 0 saturated heterocycles. The Labute approximate surface area is 88.7 Å². The van der Waals surface area contributed by atoms with Crippen LogP contribution in [0.15, 0.2) is 24.3 Å². The first kappa shape index (κ1) is 11.3. The molecule has 0 fully saturated rings. The van der Waals surface area contributed by atoms with Crippen molar-refractivity contribution in [2.75, 3.05) is 0 Å². The van der Waals surface area contributed by atoms with Crippen molar-refractivity contribution in [1.82, 2.24) is 0 Å². The lowest BCUT2D eigenvalue weighted by Gasteiger charge is -2.05. The molecule has 0 aliphatic heterocycles. The van der Waals surface area contributed by atoms with E-state index in [4.69, 9.17) is 5.11 Å². The number of benzene rings is 1. The molecule has 0 aliphatic rings. The largest absolute Gasteiger partial charge is 0.507 e. The fourth-order valence-electron chi connectivity index (χ4n) is 1.34. The van der Waals surface area contributed by atoms with Crippen LogP contribution in [0.5, 0.6) is 5.75 Å². The van der Waals surface area contributed by atoms with Crippen LogP contribution in [0, 0.1) is 0 Å². The van der Waals surface area contributed by atoms with E-state index in [1.165, 1.54) is 0 Å². The van der Waals surface area contributed by atoms with Gasteiger partial charge >= 0.3 is 5.97 Å². The van der Waals surface area contributed by atoms with Gasteiger partial charge in [-0.1, -0.05) is 31.2 Å². The maximum absolute atomic E-state index is 10.6. The predicted molar refractivity (Wildman–Crippen MR) is 58.8 cm³/mol. The van der Waals surface area contributed by atoms with Crippen molar-refractivity contribution in [2.24, 2.45) is 0 Å². The Morgan fingerprint density at radius 3 is 2.80 bits per heavy atom. The summed E-state index contributed by atoms with van der Waals surface area (Å²) in [6, 6.07) is 4.92. The van der Waals surface area contributed by atoms with Gasteiger partial charge in [-0.15, -0.1) is 0 Å². The third-order valence-electron chi connectivity index (χ3n) is 2.04. The highest BCUT2D eigenvalue weighted by Gasteiger charge is 2.07. The number of carbonyl (C=O) groups is 1. The zero-order chi connectivity index (χ0) is 11.3. The Morgan fingerprint density at radius 2 is 2.20 bits per heavy atom. The molecule has 1 rings (SSSR count). The van der Waals surface area contributed by atoms with Crippen molar-refractivity contribution in [3.8, 4) is 5.75 Å². The quantitative estimate of drug-likeness (QED) is 0.795. The van der Waals surface area contributed by atoms with Crippen LogP contribution in [-0.4, -0.2) is 16.2 Å². The summed E-state index contributed by atoms with van der Waals surface area (Å²) >= 11 is 0. The Kier molecular flexibility index (Phi) is 3.92. The number of allylic oxidation sites excluding steroid dienone is 1. The van der Waals surface area contributed by atoms with Gasteiger partial charge in [0.25, 0.3) is 0 Å². The first-order chi connectivity index (χ1) is 7.15. The normalized spacial score (nSPS) is 10.7. The molecule has 3 nitrogen and oxygen atoms in total. The molecule has 15 heavy (non-hydrogen) atoms. The lowest BCUT2D eigenvalue weighted by Crippen LogP contribution is -2.01. The van der Waals surface area contributed by atoms with E-state index >= 15 is 0 Å². The van der Waals surface area contributed by atoms with Crippen LogP contribution in [-0.2, 0) is 11.2 Å². The third kappa shape index (κ3) is 3.13. The zero-order valence-corrected chi connectivity index (χ0v) is 8.60. The summed E-state index contributed by atoms with van der Waals surface area (Å²) in [6.45, 7) is 1.98. The molecule has 0 aliphatic carbocycles. The molecule has 0 atom stereocenters. The van der Waals surface area contributed by atoms with Crippen molar-refractivity contribution < 1.29 is 15.0 Å². The number of rotatable bonds is 4. The van der Waals surface area contributed by atoms with Gasteiger partial charge in [-0.25, -0.2) is 0 Å². The van der Waals surface area contributed by atoms with Crippen LogP contribution in [0.3, 0.4) is 0 Å². The number of aliphatic carboxylic acids is 1. The molecule has 0 unspecified atom stereocenters. The van der Waals surface area contributed by atoms with E-state index < -0.39 is 5.97 Å². The third-order valence-corrected chi connectivity index (χ3v) is 2.04. The number of hydrogen-bond acceptors (Lipinski definition) is 2. The fraction of sp³-hybridized carbons (Fsp3) is 0.250. The Morgan fingerprint density at radius 1 is 1.47 bits per heavy atom. The van der Waals surface area contributed by atoms with Crippen LogP contribution >= 0.6 is 0 Å². The summed E-state index contributed by atoms with van der Waals surface area (Å²) in [7, 11) is 0. The molecule has 0 bridgehead atoms. The molecular formula is C12H14O3. The highest BCUT2D eigenvalue weighted by Crippen LogP contribution is 2.23. The lowest BCUT2D eigenvalue weighted by molar-refractivity contribution is -0.136. The molecule has 0 spiro atoms. The second-order valence-electron chi connectivity index (χ2n) is 3.23. The SMILES string of the molecule is CC/C=C/c1c(O)cccc1CC(=O)O. The summed E-state index contributed by atoms with van der Waals surface area (Å²) in [6.07, 6.45) is 4.42. The summed E-state index contributed by atoms with van der Waals surface area (Å²) in [5.74, 6) is -0.773. The predicted octanol–water partition coefficient (Wildman–Crippen LogP) is 2.44. The molecule has 80 valence electrons. The maximum Gasteiger partial charge on any atom is 0.307 e. The van der Waals surface area contributed by atoms with Crippen LogP contribution < -0.4 is 0 Å². The molecular weight excluding hydrogens is 192 g/mol. The highest BCUT2D eigenvalue weighted by atomic mass is 16.4. The Bertz CT molecular complexity index is 380. The van der Waals surface area contributed by atoms with E-state index in [1.54, 1.807) is 24.3 Å². The molecule has 0 amide bonds. The highest BCUT2D eigenvalue weighted by molar-refractivity contribution is 5.74. The van der Waals surface area contributed by atoms with E-state index in [1.807, 2.05) is 13.0 Å². The number of phenols is 1. The van der Waals surface area contributed by atoms with Crippen molar-refractivity contribution in [3.05, 3.63) is 35.4 Å². The van der Waals surface area contributed by atoms with Gasteiger partial charge in [0.15, 0.2) is 0 Å². The maximum atomic E-state index is 10.6. The number of phenolic OH excluding ortho intramolecular Hbond substituents is 1. The molecule has 2 N–H and O–H groups in total. The van der Waals surface area contributed by atoms with Crippen LogP contribution in [0.25, 0.3) is 6.08 Å². The first-order valence-corrected chi connectivity index (χ1v) is 4.84. The summed E-state index contributed by atoms with van der Waals surface area (Å²) in [5.41, 5.74) is 1.23. The average molecular weight is 206 g/mol. The van der Waals surface area contributed by atoms with Crippen molar-refractivity contribution >= 4 is 12.0 Å². The van der Waals surface area contributed by atoms with Crippen molar-refractivity contribution in [1.29, 1.82) is 0 Å². The molecule has 0 saturated carbocycles. The number of aromatic hydroxyl groups is 1. The van der Waals surface area contributed by atoms with Gasteiger partial charge in [0.2, 0.25) is 0 Å². The van der Waals surface area contributed by atoms with E-state index in [2.05, 4.69) is 0 Å². The van der Waals surface area contributed by atoms with Crippen molar-refractivity contribution in [2.45, 2.75) is 19.8 Å². The minimum absolute atomic E-state index is 0.0716. The molecule has 1 aromatic rings. The van der Waals surface area contributed by atoms with Gasteiger partial charge in [-0.3, -0.25) is 4.79 Å². The van der Waals surface area contributed by atoms with E-state index in [0.717, 1.165) is 6.42 Å². The first-order valence-electron chi connectivity index (χ1n) is 4.84. The molecule has 0 heterocycles. The van der Waals surface area contributed by atoms with Gasteiger partial charge in [0, 0.05) is 5.56 Å². The molecule has 0 radical (unpaired) electrons. The second kappa shape index (κ2) is 5.20. The van der Waals surface area contributed by atoms with Crippen LogP contribution in [0.1, 0.15) is 24.5 Å². The topological polar surface area (TPSA) is 57.5 Å². The number of carboxylic acids is 1. The monoisotopic (exact) mass is 206 g/mol. The van der Waals surface area contributed by atoms with Crippen LogP contribution in [0.2, 0.25) is 0 Å². The zero-order valence-electron chi connectivity index (χ0n) is 8.60. The Balaban J connectivity index is 3.08. The molecule has 0 aromatic heterocycles. The van der Waals surface area contributed by atoms with Gasteiger partial charge < -0.3 is 10.2 Å². The van der Waals surface area contributed by atoms with E-state index in [0.29, 0.717) is 11.1 Å². The summed E-state index contributed by atoms with van der Waals surface area (Å²) < 4.78 is 0. The average Bonchev–Trinajstić information content (AvgIpc) is 2.16. The minimum Gasteiger partial charge on any atom is -0.507 e. The number of hydrogen-bond donors (Lipinski definition) is 2. The fourth-order valence-corrected chi connectivity index (χ4v) is 1.34. The van der Waals surface area contributed by atoms with Gasteiger partial charge in [0.05, 0.1) is 6.42 Å². The number of carboxylic acid groups (broad SMARTS) is 1. The summed E-state index contributed by atoms with van der Waals surface area (Å²) in [4.78, 5) is 10.6. The Hall–Kier alpha value is -1.77. The van der Waals surface area contributed by atoms with Gasteiger partial charge in [-0.2, -0.15) is 0 Å². The van der Waals surface area contributed by atoms with Crippen LogP contribution in [0.4, 0.5) is 0 Å². The van der Waals surface area contributed by atoms with E-state index in [-0.39, 0.29) is 12.2 Å². The smallest absolute Gasteiger partial charge is 0.307 e. The minimum atomic E-state index is -0.897. The van der Waals surface area contributed by atoms with E-state index in [9.17, 15) is 9.90 Å². The molecule has 3 heteroatoms. The second-order valence-corrected chi connectivity index (χ2v) is 3.23. The standard InChI is InChI=1S/C12H14O3/c1-2-3-6-10-9(8-12(14)15)5-4-7-11(10)13/h3-7,13H,2,8H2,1H3,(H,14,15)/b6-3+. The van der Waals surface area contributed by atoms with Gasteiger partial charge in [-0.05, 0) is 18.1 Å². The van der Waals surface area contributed by atoms with Gasteiger partial charge in [0.1, 0.15) is 5.75 Å². The summed E-state index contributed by atoms with van der Waals surface area (Å²) in [5, 5.41) is 18.3. The van der Waals surface area contributed by atoms with Crippen molar-refractivity contribution in [3.63, 3.8) is 0 Å². The lowest BCUT2D eigenvalue weighted by atomic mass is 10.0.